The monoisotopic (exact) mass is 686 g/mol. The summed E-state index contributed by atoms with van der Waals surface area (Å²) >= 11 is 0. The summed E-state index contributed by atoms with van der Waals surface area (Å²) in [5, 5.41) is 5.69. The molecule has 2 nitrogen and oxygen atoms in total. The molecule has 0 saturated carbocycles. The Bertz CT molecular complexity index is 3370. The van der Waals surface area contributed by atoms with Gasteiger partial charge in [0.2, 0.25) is 0 Å². The first-order chi connectivity index (χ1) is 30.4. The first kappa shape index (κ1) is 22.2. The van der Waals surface area contributed by atoms with Crippen molar-refractivity contribution >= 4 is 43.4 Å². The molecule has 250 valence electrons. The molecule has 0 unspecified atom stereocenters. The summed E-state index contributed by atoms with van der Waals surface area (Å²) in [5.41, 5.74) is 6.69. The minimum Gasteiger partial charge on any atom is -0.296 e. The molecule has 2 heteroatoms. The van der Waals surface area contributed by atoms with Gasteiger partial charge < -0.3 is 0 Å². The zero-order valence-corrected chi connectivity index (χ0v) is 28.7. The van der Waals surface area contributed by atoms with Crippen LogP contribution in [-0.2, 0) is 6.42 Å². The Morgan fingerprint density at radius 2 is 0.962 bits per heavy atom. The quantitative estimate of drug-likeness (QED) is 0.159. The maximum absolute atomic E-state index is 8.94. The van der Waals surface area contributed by atoms with Gasteiger partial charge >= 0.3 is 0 Å². The van der Waals surface area contributed by atoms with Crippen molar-refractivity contribution in [2.24, 2.45) is 0 Å². The Balaban J connectivity index is 1.30. The summed E-state index contributed by atoms with van der Waals surface area (Å²) in [6.07, 6.45) is 0.747. The van der Waals surface area contributed by atoms with E-state index in [0.29, 0.717) is 5.56 Å². The predicted octanol–water partition coefficient (Wildman–Crippen LogP) is 13.7. The Labute approximate surface area is 323 Å². The fourth-order valence-electron chi connectivity index (χ4n) is 7.86. The van der Waals surface area contributed by atoms with Crippen LogP contribution < -0.4 is 0 Å². The summed E-state index contributed by atoms with van der Waals surface area (Å²) < 4.78 is 88.6. The van der Waals surface area contributed by atoms with Crippen LogP contribution in [0, 0.1) is 0 Å². The molecule has 1 heterocycles. The minimum absolute atomic E-state index is 0.0647. The van der Waals surface area contributed by atoms with Gasteiger partial charge in [0.05, 0.1) is 30.4 Å². The fourth-order valence-corrected chi connectivity index (χ4v) is 7.86. The Kier molecular flexibility index (Phi) is 5.36. The third-order valence-electron chi connectivity index (χ3n) is 10.1. The number of fused-ring (bicyclic) bond motifs is 4. The van der Waals surface area contributed by atoms with Gasteiger partial charge in [0.25, 0.3) is 0 Å². The van der Waals surface area contributed by atoms with E-state index >= 15 is 0 Å². The van der Waals surface area contributed by atoms with Crippen LogP contribution in [-0.4, -0.2) is 9.55 Å². The number of para-hydroxylation sites is 2. The summed E-state index contributed by atoms with van der Waals surface area (Å²) in [6.45, 7) is 2.11. The van der Waals surface area contributed by atoms with Gasteiger partial charge in [0, 0.05) is 11.8 Å². The molecule has 53 heavy (non-hydrogen) atoms. The standard InChI is InChI=1S/C51H36N2/c1-2-49-52-46-27-15-16-28-48(46)53(49)47-30-29-45(39-21-9-10-22-40(39)47)51-43-25-13-11-23-41(43)50(42-24-12-14-26-44(42)51)38-32-36(34-17-5-3-6-18-34)31-37(33-38)35-19-7-4-8-20-35/h3-33H,2H2,1H3/i3D,4D,5D,6D,7D,8D,17D,18D,19D,20D. The van der Waals surface area contributed by atoms with Crippen LogP contribution in [0.4, 0.5) is 0 Å². The number of hydrogen-bond donors (Lipinski definition) is 0. The third kappa shape index (κ3) is 5.14. The van der Waals surface area contributed by atoms with Crippen LogP contribution in [0.25, 0.3) is 93.5 Å². The molecule has 0 saturated heterocycles. The average Bonchev–Trinajstić information content (AvgIpc) is 3.69. The second kappa shape index (κ2) is 12.8. The van der Waals surface area contributed by atoms with Crippen molar-refractivity contribution in [1.29, 1.82) is 0 Å². The molecule has 10 aromatic rings. The molecule has 0 fully saturated rings. The summed E-state index contributed by atoms with van der Waals surface area (Å²) in [7, 11) is 0. The van der Waals surface area contributed by atoms with E-state index in [1.165, 1.54) is 0 Å². The van der Waals surface area contributed by atoms with Crippen molar-refractivity contribution in [3.8, 4) is 50.2 Å². The van der Waals surface area contributed by atoms with Gasteiger partial charge in [-0.25, -0.2) is 4.98 Å². The maximum Gasteiger partial charge on any atom is 0.114 e. The molecule has 0 amide bonds. The van der Waals surface area contributed by atoms with Crippen LogP contribution in [0.3, 0.4) is 0 Å². The van der Waals surface area contributed by atoms with Crippen molar-refractivity contribution < 1.29 is 13.7 Å². The molecule has 1 aromatic heterocycles. The van der Waals surface area contributed by atoms with Crippen molar-refractivity contribution in [2.75, 3.05) is 0 Å². The molecule has 10 rings (SSSR count). The topological polar surface area (TPSA) is 17.8 Å². The largest absolute Gasteiger partial charge is 0.296 e. The molecule has 0 bridgehead atoms. The van der Waals surface area contributed by atoms with Crippen LogP contribution in [0.1, 0.15) is 26.5 Å². The number of hydrogen-bond acceptors (Lipinski definition) is 1. The minimum atomic E-state index is -0.534. The van der Waals surface area contributed by atoms with Gasteiger partial charge in [-0.2, -0.15) is 0 Å². The van der Waals surface area contributed by atoms with E-state index in [2.05, 4.69) is 60.0 Å². The average molecular weight is 687 g/mol. The zero-order chi connectivity index (χ0) is 44.0. The van der Waals surface area contributed by atoms with E-state index in [0.717, 1.165) is 78.0 Å². The molecule has 9 aromatic carbocycles. The molecule has 0 spiro atoms. The van der Waals surface area contributed by atoms with Gasteiger partial charge in [0.1, 0.15) is 5.82 Å². The van der Waals surface area contributed by atoms with Crippen LogP contribution in [0.5, 0.6) is 0 Å². The Morgan fingerprint density at radius 1 is 0.472 bits per heavy atom. The van der Waals surface area contributed by atoms with Gasteiger partial charge in [-0.15, -0.1) is 0 Å². The van der Waals surface area contributed by atoms with Gasteiger partial charge in [-0.1, -0.05) is 158 Å². The van der Waals surface area contributed by atoms with Crippen molar-refractivity contribution in [1.82, 2.24) is 9.55 Å². The van der Waals surface area contributed by atoms with Gasteiger partial charge in [-0.3, -0.25) is 4.57 Å². The lowest BCUT2D eigenvalue weighted by Gasteiger charge is -2.21. The molecule has 0 N–H and O–H groups in total. The highest BCUT2D eigenvalue weighted by Crippen LogP contribution is 2.47. The number of aryl methyl sites for hydroxylation is 1. The maximum atomic E-state index is 8.94. The zero-order valence-electron chi connectivity index (χ0n) is 38.7. The van der Waals surface area contributed by atoms with Crippen molar-refractivity contribution in [3.63, 3.8) is 0 Å². The van der Waals surface area contributed by atoms with Crippen molar-refractivity contribution in [3.05, 3.63) is 194 Å². The van der Waals surface area contributed by atoms with E-state index in [4.69, 9.17) is 18.7 Å². The lowest BCUT2D eigenvalue weighted by molar-refractivity contribution is 0.913. The molecule has 0 radical (unpaired) electrons. The van der Waals surface area contributed by atoms with E-state index in [1.54, 1.807) is 18.2 Å². The lowest BCUT2D eigenvalue weighted by Crippen LogP contribution is -2.01. The highest BCUT2D eigenvalue weighted by atomic mass is 15.1. The predicted molar refractivity (Wildman–Crippen MR) is 225 cm³/mol. The lowest BCUT2D eigenvalue weighted by atomic mass is 9.83. The van der Waals surface area contributed by atoms with E-state index in [1.807, 2.05) is 60.7 Å². The van der Waals surface area contributed by atoms with E-state index in [9.17, 15) is 0 Å². The summed E-state index contributed by atoms with van der Waals surface area (Å²) in [5.74, 6) is 0.961. The smallest absolute Gasteiger partial charge is 0.114 e. The first-order valence-corrected chi connectivity index (χ1v) is 17.6. The molecule has 0 atom stereocenters. The van der Waals surface area contributed by atoms with E-state index < -0.39 is 60.4 Å². The molecule has 0 aliphatic carbocycles. The number of rotatable bonds is 6. The van der Waals surface area contributed by atoms with Gasteiger partial charge in [0.15, 0.2) is 0 Å². The third-order valence-corrected chi connectivity index (χ3v) is 10.1. The normalized spacial score (nSPS) is 14.2. The molecule has 0 aliphatic heterocycles. The highest BCUT2D eigenvalue weighted by molar-refractivity contribution is 6.24. The number of nitrogens with zero attached hydrogens (tertiary/aromatic N) is 2. The van der Waals surface area contributed by atoms with Crippen LogP contribution >= 0.6 is 0 Å². The van der Waals surface area contributed by atoms with E-state index in [-0.39, 0.29) is 22.3 Å². The number of aromatic nitrogens is 2. The second-order valence-corrected chi connectivity index (χ2v) is 13.0. The van der Waals surface area contributed by atoms with Crippen LogP contribution in [0.2, 0.25) is 0 Å². The summed E-state index contributed by atoms with van der Waals surface area (Å²) in [6, 6.07) is 37.3. The Morgan fingerprint density at radius 3 is 1.55 bits per heavy atom. The number of imidazole rings is 1. The second-order valence-electron chi connectivity index (χ2n) is 13.0. The van der Waals surface area contributed by atoms with Gasteiger partial charge in [-0.05, 0) is 108 Å². The molecule has 0 aliphatic rings. The fraction of sp³-hybridized carbons (Fsp3) is 0.0392. The SMILES string of the molecule is [2H]c1c([2H])c([2H])c(-c2cc(-c3c([2H])c([2H])c([2H])c([2H])c3[2H])cc(-c3c4ccccc4c(-c4ccc(-n5c(CC)nc6ccccc65)c5ccccc45)c4ccccc34)c2)c([2H])c1[2H]. The highest BCUT2D eigenvalue weighted by Gasteiger charge is 2.21. The van der Waals surface area contributed by atoms with Crippen LogP contribution in [0.15, 0.2) is 188 Å². The Hall–Kier alpha value is -6.77. The first-order valence-electron chi connectivity index (χ1n) is 22.6. The number of benzene rings is 9. The van der Waals surface area contributed by atoms with Crippen molar-refractivity contribution in [2.45, 2.75) is 13.3 Å². The summed E-state index contributed by atoms with van der Waals surface area (Å²) in [4.78, 5) is 4.98. The molecular weight excluding hydrogens is 641 g/mol. The molecular formula is C51H36N2.